The first-order chi connectivity index (χ1) is 7.59. The summed E-state index contributed by atoms with van der Waals surface area (Å²) < 4.78 is 0. The molecule has 1 heterocycles. The molecule has 1 aliphatic rings. The second-order valence-corrected chi connectivity index (χ2v) is 5.11. The van der Waals surface area contributed by atoms with Gasteiger partial charge in [-0.3, -0.25) is 0 Å². The first kappa shape index (κ1) is 13.9. The van der Waals surface area contributed by atoms with Crippen LogP contribution in [0.15, 0.2) is 0 Å². The maximum absolute atomic E-state index is 9.88. The lowest BCUT2D eigenvalue weighted by molar-refractivity contribution is 0.0991. The van der Waals surface area contributed by atoms with Crippen molar-refractivity contribution in [2.75, 3.05) is 32.8 Å². The predicted molar refractivity (Wildman–Crippen MR) is 65.5 cm³/mol. The van der Waals surface area contributed by atoms with Crippen LogP contribution in [0.5, 0.6) is 0 Å². The summed E-state index contributed by atoms with van der Waals surface area (Å²) in [4.78, 5) is 2.30. The Hall–Kier alpha value is -0.160. The molecule has 0 aliphatic carbocycles. The van der Waals surface area contributed by atoms with Gasteiger partial charge < -0.3 is 20.4 Å². The molecule has 1 aliphatic heterocycles. The van der Waals surface area contributed by atoms with Crippen molar-refractivity contribution >= 4 is 0 Å². The molecule has 16 heavy (non-hydrogen) atoms. The molecule has 1 rings (SSSR count). The van der Waals surface area contributed by atoms with E-state index >= 15 is 0 Å². The monoisotopic (exact) mass is 230 g/mol. The highest BCUT2D eigenvalue weighted by molar-refractivity contribution is 4.82. The van der Waals surface area contributed by atoms with Crippen LogP contribution in [0.25, 0.3) is 0 Å². The first-order valence-corrected chi connectivity index (χ1v) is 6.36. The van der Waals surface area contributed by atoms with Crippen molar-refractivity contribution in [2.24, 2.45) is 0 Å². The van der Waals surface area contributed by atoms with Gasteiger partial charge in [-0.15, -0.1) is 0 Å². The Bertz CT molecular complexity index is 189. The van der Waals surface area contributed by atoms with Crippen LogP contribution in [0.2, 0.25) is 0 Å². The molecule has 0 spiro atoms. The third-order valence-electron chi connectivity index (χ3n) is 3.56. The maximum Gasteiger partial charge on any atom is 0.0791 e. The smallest absolute Gasteiger partial charge is 0.0791 e. The quantitative estimate of drug-likeness (QED) is 0.584. The van der Waals surface area contributed by atoms with E-state index in [0.717, 1.165) is 26.1 Å². The number of hydrogen-bond donors (Lipinski definition) is 3. The molecule has 0 bridgehead atoms. The molecule has 1 saturated heterocycles. The molecular weight excluding hydrogens is 204 g/mol. The van der Waals surface area contributed by atoms with Crippen molar-refractivity contribution in [3.05, 3.63) is 0 Å². The van der Waals surface area contributed by atoms with Gasteiger partial charge in [0.05, 0.1) is 12.7 Å². The minimum Gasteiger partial charge on any atom is -0.394 e. The molecule has 0 aromatic heterocycles. The van der Waals surface area contributed by atoms with Gasteiger partial charge in [-0.25, -0.2) is 0 Å². The van der Waals surface area contributed by atoms with Gasteiger partial charge in [-0.2, -0.15) is 0 Å². The summed E-state index contributed by atoms with van der Waals surface area (Å²) in [5.74, 6) is 0. The van der Waals surface area contributed by atoms with E-state index < -0.39 is 0 Å². The van der Waals surface area contributed by atoms with E-state index in [1.807, 2.05) is 13.8 Å². The number of β-amino-alcohol motifs (C(OH)–C–C–N with tert-alkyl or cyclic N) is 1. The highest BCUT2D eigenvalue weighted by Crippen LogP contribution is 2.09. The first-order valence-electron chi connectivity index (χ1n) is 6.36. The van der Waals surface area contributed by atoms with Crippen molar-refractivity contribution in [1.82, 2.24) is 10.2 Å². The van der Waals surface area contributed by atoms with E-state index in [0.29, 0.717) is 6.54 Å². The molecular formula is C12H26N2O2. The summed E-state index contributed by atoms with van der Waals surface area (Å²) in [5.41, 5.74) is -0.258. The van der Waals surface area contributed by atoms with Gasteiger partial charge in [0.1, 0.15) is 0 Å². The lowest BCUT2D eigenvalue weighted by Gasteiger charge is -2.29. The van der Waals surface area contributed by atoms with Crippen LogP contribution in [0.1, 0.15) is 33.1 Å². The average Bonchev–Trinajstić information content (AvgIpc) is 2.79. The largest absolute Gasteiger partial charge is 0.394 e. The van der Waals surface area contributed by atoms with E-state index in [1.165, 1.54) is 12.8 Å². The van der Waals surface area contributed by atoms with Gasteiger partial charge in [0, 0.05) is 18.6 Å². The van der Waals surface area contributed by atoms with E-state index in [1.54, 1.807) is 0 Å². The average molecular weight is 230 g/mol. The van der Waals surface area contributed by atoms with Gasteiger partial charge in [-0.1, -0.05) is 6.92 Å². The Balaban J connectivity index is 2.20. The van der Waals surface area contributed by atoms with Crippen LogP contribution in [-0.2, 0) is 0 Å². The molecule has 2 atom stereocenters. The van der Waals surface area contributed by atoms with Crippen molar-refractivity contribution in [1.29, 1.82) is 0 Å². The Morgan fingerprint density at radius 3 is 2.50 bits per heavy atom. The number of hydrogen-bond acceptors (Lipinski definition) is 4. The van der Waals surface area contributed by atoms with Crippen LogP contribution in [0.3, 0.4) is 0 Å². The van der Waals surface area contributed by atoms with Gasteiger partial charge in [-0.05, 0) is 39.3 Å². The van der Waals surface area contributed by atoms with E-state index in [-0.39, 0.29) is 18.2 Å². The minimum absolute atomic E-state index is 0.111. The fourth-order valence-electron chi connectivity index (χ4n) is 1.98. The molecule has 96 valence electrons. The lowest BCUT2D eigenvalue weighted by atomic mass is 10.00. The van der Waals surface area contributed by atoms with Crippen LogP contribution in [-0.4, -0.2) is 59.5 Å². The molecule has 4 nitrogen and oxygen atoms in total. The molecule has 0 aromatic rings. The lowest BCUT2D eigenvalue weighted by Crippen LogP contribution is -2.49. The molecule has 3 N–H and O–H groups in total. The zero-order valence-corrected chi connectivity index (χ0v) is 10.6. The number of rotatable bonds is 7. The summed E-state index contributed by atoms with van der Waals surface area (Å²) in [5, 5.41) is 22.3. The topological polar surface area (TPSA) is 55.7 Å². The van der Waals surface area contributed by atoms with Crippen molar-refractivity contribution in [3.63, 3.8) is 0 Å². The summed E-state index contributed by atoms with van der Waals surface area (Å²) in [7, 11) is 0. The second kappa shape index (κ2) is 6.55. The normalized spacial score (nSPS) is 23.2. The van der Waals surface area contributed by atoms with Gasteiger partial charge in [0.25, 0.3) is 0 Å². The van der Waals surface area contributed by atoms with Crippen LogP contribution in [0, 0.1) is 0 Å². The van der Waals surface area contributed by atoms with E-state index in [2.05, 4.69) is 10.2 Å². The van der Waals surface area contributed by atoms with Crippen LogP contribution in [0.4, 0.5) is 0 Å². The number of likely N-dealkylation sites (tertiary alicyclic amines) is 1. The van der Waals surface area contributed by atoms with E-state index in [9.17, 15) is 10.2 Å². The Labute approximate surface area is 98.6 Å². The molecule has 0 saturated carbocycles. The SMILES string of the molecule is CCC(C)(CO)NCC(O)CN1CCCC1. The highest BCUT2D eigenvalue weighted by Gasteiger charge is 2.22. The van der Waals surface area contributed by atoms with E-state index in [4.69, 9.17) is 0 Å². The Morgan fingerprint density at radius 1 is 1.38 bits per heavy atom. The van der Waals surface area contributed by atoms with Gasteiger partial charge in [0.15, 0.2) is 0 Å². The third kappa shape index (κ3) is 4.37. The number of nitrogens with one attached hydrogen (secondary N) is 1. The molecule has 4 heteroatoms. The Morgan fingerprint density at radius 2 is 2.00 bits per heavy atom. The molecule has 0 aromatic carbocycles. The number of aliphatic hydroxyl groups is 2. The summed E-state index contributed by atoms with van der Waals surface area (Å²) >= 11 is 0. The minimum atomic E-state index is -0.337. The maximum atomic E-state index is 9.88. The van der Waals surface area contributed by atoms with Gasteiger partial charge in [0.2, 0.25) is 0 Å². The zero-order chi connectivity index (χ0) is 12.0. The molecule has 0 radical (unpaired) electrons. The predicted octanol–water partition coefficient (Wildman–Crippen LogP) is 0.194. The van der Waals surface area contributed by atoms with Gasteiger partial charge >= 0.3 is 0 Å². The number of nitrogens with zero attached hydrogens (tertiary/aromatic N) is 1. The zero-order valence-electron chi connectivity index (χ0n) is 10.6. The second-order valence-electron chi connectivity index (χ2n) is 5.11. The Kier molecular flexibility index (Phi) is 5.69. The summed E-state index contributed by atoms with van der Waals surface area (Å²) in [6, 6.07) is 0. The highest BCUT2D eigenvalue weighted by atomic mass is 16.3. The fourth-order valence-corrected chi connectivity index (χ4v) is 1.98. The van der Waals surface area contributed by atoms with Crippen molar-refractivity contribution in [2.45, 2.75) is 44.8 Å². The van der Waals surface area contributed by atoms with Crippen molar-refractivity contribution < 1.29 is 10.2 Å². The molecule has 2 unspecified atom stereocenters. The summed E-state index contributed by atoms with van der Waals surface area (Å²) in [6.45, 7) is 7.66. The third-order valence-corrected chi connectivity index (χ3v) is 3.56. The summed E-state index contributed by atoms with van der Waals surface area (Å²) in [6.07, 6.45) is 3.03. The van der Waals surface area contributed by atoms with Crippen LogP contribution >= 0.6 is 0 Å². The fraction of sp³-hybridized carbons (Fsp3) is 1.00. The molecule has 1 fully saturated rings. The van der Waals surface area contributed by atoms with Crippen molar-refractivity contribution in [3.8, 4) is 0 Å². The number of aliphatic hydroxyl groups excluding tert-OH is 2. The van der Waals surface area contributed by atoms with Crippen LogP contribution < -0.4 is 5.32 Å². The standard InChI is InChI=1S/C12H26N2O2/c1-3-12(2,10-15)13-8-11(16)9-14-6-4-5-7-14/h11,13,15-16H,3-10H2,1-2H3. The molecule has 0 amide bonds.